The van der Waals surface area contributed by atoms with Crippen molar-refractivity contribution < 1.29 is 24.6 Å². The van der Waals surface area contributed by atoms with Gasteiger partial charge in [-0.2, -0.15) is 0 Å². The van der Waals surface area contributed by atoms with Crippen molar-refractivity contribution in [2.24, 2.45) is 5.92 Å². The highest BCUT2D eigenvalue weighted by Crippen LogP contribution is 2.34. The molecule has 25 heavy (non-hydrogen) atoms. The summed E-state index contributed by atoms with van der Waals surface area (Å²) >= 11 is 0. The van der Waals surface area contributed by atoms with Crippen LogP contribution in [0, 0.1) is 12.8 Å². The van der Waals surface area contributed by atoms with Gasteiger partial charge in [0.15, 0.2) is 5.78 Å². The summed E-state index contributed by atoms with van der Waals surface area (Å²) < 4.78 is 0. The van der Waals surface area contributed by atoms with E-state index in [2.05, 4.69) is 0 Å². The minimum atomic E-state index is -1.19. The van der Waals surface area contributed by atoms with Crippen LogP contribution in [-0.2, 0) is 4.79 Å². The predicted molar refractivity (Wildman–Crippen MR) is 94.7 cm³/mol. The van der Waals surface area contributed by atoms with E-state index in [9.17, 15) is 24.6 Å². The van der Waals surface area contributed by atoms with Crippen LogP contribution in [0.15, 0.2) is 29.9 Å². The molecule has 0 atom stereocenters. The number of hydrogen-bond acceptors (Lipinski definition) is 5. The molecule has 0 fully saturated rings. The van der Waals surface area contributed by atoms with Crippen molar-refractivity contribution in [1.82, 2.24) is 0 Å². The first-order valence-corrected chi connectivity index (χ1v) is 8.07. The van der Waals surface area contributed by atoms with Gasteiger partial charge >= 0.3 is 0 Å². The summed E-state index contributed by atoms with van der Waals surface area (Å²) in [4.78, 5) is 37.6. The molecule has 1 aromatic carbocycles. The Kier molecular flexibility index (Phi) is 4.82. The molecule has 0 saturated heterocycles. The quantitative estimate of drug-likeness (QED) is 0.498. The second-order valence-corrected chi connectivity index (χ2v) is 7.11. The van der Waals surface area contributed by atoms with Crippen LogP contribution < -0.4 is 0 Å². The van der Waals surface area contributed by atoms with Gasteiger partial charge in [-0.15, -0.1) is 0 Å². The Hall–Kier alpha value is -2.53. The predicted octanol–water partition coefficient (Wildman–Crippen LogP) is 3.20. The molecule has 2 N–H and O–H groups in total. The highest BCUT2D eigenvalue weighted by atomic mass is 16.3. The molecule has 0 unspecified atom stereocenters. The van der Waals surface area contributed by atoms with Gasteiger partial charge in [-0.25, -0.2) is 0 Å². The van der Waals surface area contributed by atoms with Crippen molar-refractivity contribution in [3.63, 3.8) is 0 Å². The third-order valence-electron chi connectivity index (χ3n) is 4.07. The van der Waals surface area contributed by atoms with Gasteiger partial charge in [0, 0.05) is 22.3 Å². The number of ketones is 3. The number of fused-ring (bicyclic) bond motifs is 1. The van der Waals surface area contributed by atoms with Crippen molar-refractivity contribution in [1.29, 1.82) is 0 Å². The zero-order chi connectivity index (χ0) is 19.1. The topological polar surface area (TPSA) is 91.7 Å². The number of Topliss-reactive ketones (excluding diaryl/α,β-unsaturated/α-hetero) is 2. The molecule has 0 saturated carbocycles. The van der Waals surface area contributed by atoms with Gasteiger partial charge < -0.3 is 10.2 Å². The van der Waals surface area contributed by atoms with E-state index < -0.39 is 23.0 Å². The van der Waals surface area contributed by atoms with Crippen LogP contribution in [0.4, 0.5) is 0 Å². The van der Waals surface area contributed by atoms with E-state index in [0.29, 0.717) is 5.56 Å². The highest BCUT2D eigenvalue weighted by molar-refractivity contribution is 6.53. The first-order chi connectivity index (χ1) is 11.5. The van der Waals surface area contributed by atoms with Crippen molar-refractivity contribution in [2.75, 3.05) is 0 Å². The Balaban J connectivity index is 2.73. The number of allylic oxidation sites excluding steroid dienone is 2. The molecule has 1 aromatic rings. The number of rotatable bonds is 4. The van der Waals surface area contributed by atoms with E-state index in [0.717, 1.165) is 0 Å². The molecule has 0 aliphatic heterocycles. The fraction of sp³-hybridized carbons (Fsp3) is 0.350. The maximum absolute atomic E-state index is 12.6. The average molecular weight is 342 g/mol. The standard InChI is InChI=1S/C20H22O5/c1-10(2)14-17(22)12-7-6-11(3)15(16(12)19(24)18(14)23)13(21)8-9-20(4,5)25/h6-10,22,25H,1-5H3. The van der Waals surface area contributed by atoms with Gasteiger partial charge in [-0.05, 0) is 44.4 Å². The van der Waals surface area contributed by atoms with Crippen molar-refractivity contribution in [3.05, 3.63) is 52.1 Å². The number of hydrogen-bond donors (Lipinski definition) is 2. The maximum atomic E-state index is 12.6. The summed E-state index contributed by atoms with van der Waals surface area (Å²) in [5, 5.41) is 20.2. The second-order valence-electron chi connectivity index (χ2n) is 7.11. The Morgan fingerprint density at radius 2 is 1.76 bits per heavy atom. The lowest BCUT2D eigenvalue weighted by molar-refractivity contribution is -0.112. The fourth-order valence-corrected chi connectivity index (χ4v) is 2.84. The SMILES string of the molecule is Cc1ccc2c(c1C(=O)C=CC(C)(C)O)C(=O)C(=O)C(C(C)C)=C2O. The molecule has 5 heteroatoms. The molecule has 0 radical (unpaired) electrons. The Morgan fingerprint density at radius 1 is 1.16 bits per heavy atom. The molecule has 1 aliphatic carbocycles. The van der Waals surface area contributed by atoms with Gasteiger partial charge in [0.05, 0.1) is 5.60 Å². The third-order valence-corrected chi connectivity index (χ3v) is 4.07. The monoisotopic (exact) mass is 342 g/mol. The van der Waals surface area contributed by atoms with Crippen LogP contribution >= 0.6 is 0 Å². The lowest BCUT2D eigenvalue weighted by Crippen LogP contribution is -2.29. The Morgan fingerprint density at radius 3 is 2.28 bits per heavy atom. The van der Waals surface area contributed by atoms with E-state index >= 15 is 0 Å². The summed E-state index contributed by atoms with van der Waals surface area (Å²) in [5.74, 6) is -2.65. The van der Waals surface area contributed by atoms with E-state index in [-0.39, 0.29) is 33.9 Å². The van der Waals surface area contributed by atoms with Crippen LogP contribution in [0.1, 0.15) is 59.5 Å². The fourth-order valence-electron chi connectivity index (χ4n) is 2.84. The molecule has 0 spiro atoms. The minimum absolute atomic E-state index is 0.0618. The number of aryl methyl sites for hydroxylation is 1. The molecule has 2 rings (SSSR count). The van der Waals surface area contributed by atoms with E-state index in [1.807, 2.05) is 0 Å². The van der Waals surface area contributed by atoms with Crippen molar-refractivity contribution in [3.8, 4) is 0 Å². The molecule has 5 nitrogen and oxygen atoms in total. The lowest BCUT2D eigenvalue weighted by atomic mass is 9.79. The number of aliphatic hydroxyl groups excluding tert-OH is 1. The highest BCUT2D eigenvalue weighted by Gasteiger charge is 2.37. The first kappa shape index (κ1) is 18.8. The summed E-state index contributed by atoms with van der Waals surface area (Å²) in [6.45, 7) is 8.12. The summed E-state index contributed by atoms with van der Waals surface area (Å²) in [5.41, 5.74) is -0.412. The number of carbonyl (C=O) groups is 3. The minimum Gasteiger partial charge on any atom is -0.507 e. The molecular formula is C20H22O5. The van der Waals surface area contributed by atoms with Crippen molar-refractivity contribution in [2.45, 2.75) is 40.2 Å². The average Bonchev–Trinajstić information content (AvgIpc) is 2.49. The zero-order valence-electron chi connectivity index (χ0n) is 15.0. The molecule has 0 heterocycles. The van der Waals surface area contributed by atoms with Crippen LogP contribution in [0.25, 0.3) is 5.76 Å². The third kappa shape index (κ3) is 3.46. The van der Waals surface area contributed by atoms with Crippen LogP contribution in [0.3, 0.4) is 0 Å². The number of aliphatic hydroxyl groups is 2. The largest absolute Gasteiger partial charge is 0.507 e. The Bertz CT molecular complexity index is 832. The number of benzene rings is 1. The normalized spacial score (nSPS) is 15.3. The molecule has 0 aromatic heterocycles. The zero-order valence-corrected chi connectivity index (χ0v) is 15.0. The maximum Gasteiger partial charge on any atom is 0.234 e. The lowest BCUT2D eigenvalue weighted by Gasteiger charge is -2.22. The van der Waals surface area contributed by atoms with E-state index in [1.54, 1.807) is 32.9 Å². The Labute approximate surface area is 146 Å². The molecule has 0 amide bonds. The summed E-state index contributed by atoms with van der Waals surface area (Å²) in [6, 6.07) is 3.17. The first-order valence-electron chi connectivity index (χ1n) is 8.07. The van der Waals surface area contributed by atoms with Gasteiger partial charge in [0.1, 0.15) is 5.76 Å². The number of carbonyl (C=O) groups excluding carboxylic acids is 3. The smallest absolute Gasteiger partial charge is 0.234 e. The second kappa shape index (κ2) is 6.41. The van der Waals surface area contributed by atoms with Gasteiger partial charge in [0.25, 0.3) is 0 Å². The van der Waals surface area contributed by atoms with Crippen LogP contribution in [-0.4, -0.2) is 33.2 Å². The van der Waals surface area contributed by atoms with Crippen LogP contribution in [0.2, 0.25) is 0 Å². The molecule has 132 valence electrons. The summed E-state index contributed by atoms with van der Waals surface area (Å²) in [7, 11) is 0. The molecular weight excluding hydrogens is 320 g/mol. The van der Waals surface area contributed by atoms with Gasteiger partial charge in [0.2, 0.25) is 11.6 Å². The van der Waals surface area contributed by atoms with Gasteiger partial charge in [-0.1, -0.05) is 26.0 Å². The summed E-state index contributed by atoms with van der Waals surface area (Å²) in [6.07, 6.45) is 2.50. The van der Waals surface area contributed by atoms with Gasteiger partial charge in [-0.3, -0.25) is 14.4 Å². The molecule has 1 aliphatic rings. The van der Waals surface area contributed by atoms with E-state index in [1.165, 1.54) is 26.0 Å². The van der Waals surface area contributed by atoms with E-state index in [4.69, 9.17) is 0 Å². The molecule has 0 bridgehead atoms. The van der Waals surface area contributed by atoms with Crippen molar-refractivity contribution >= 4 is 23.1 Å². The van der Waals surface area contributed by atoms with Crippen LogP contribution in [0.5, 0.6) is 0 Å².